The van der Waals surface area contributed by atoms with Crippen LogP contribution in [0.15, 0.2) is 55.0 Å². The van der Waals surface area contributed by atoms with Crippen molar-refractivity contribution >= 4 is 38.3 Å². The predicted octanol–water partition coefficient (Wildman–Crippen LogP) is 7.21. The van der Waals surface area contributed by atoms with Gasteiger partial charge in [-0.2, -0.15) is 18.4 Å². The highest BCUT2D eigenvalue weighted by molar-refractivity contribution is 7.18. The first-order valence-electron chi connectivity index (χ1n) is 14.4. The molecule has 43 heavy (non-hydrogen) atoms. The van der Waals surface area contributed by atoms with E-state index < -0.39 is 12.6 Å². The molecule has 0 aliphatic carbocycles. The largest absolute Gasteiger partial charge is 0.393 e. The van der Waals surface area contributed by atoms with Crippen molar-refractivity contribution in [3.05, 3.63) is 82.4 Å². The van der Waals surface area contributed by atoms with E-state index in [1.54, 1.807) is 12.3 Å². The highest BCUT2D eigenvalue weighted by Gasteiger charge is 2.29. The lowest BCUT2D eigenvalue weighted by atomic mass is 10.0. The number of hydrogen-bond donors (Lipinski definition) is 1. The second kappa shape index (κ2) is 11.9. The molecule has 0 saturated carbocycles. The minimum Gasteiger partial charge on any atom is -0.367 e. The maximum Gasteiger partial charge on any atom is 0.393 e. The number of aromatic nitrogens is 4. The van der Waals surface area contributed by atoms with Crippen molar-refractivity contribution < 1.29 is 13.2 Å². The molecule has 0 radical (unpaired) electrons. The second-order valence-electron chi connectivity index (χ2n) is 11.3. The average Bonchev–Trinajstić information content (AvgIpc) is 3.56. The van der Waals surface area contributed by atoms with Crippen LogP contribution in [0.3, 0.4) is 0 Å². The number of fused-ring (bicyclic) bond motifs is 2. The first-order valence-corrected chi connectivity index (χ1v) is 15.2. The Labute approximate surface area is 252 Å². The van der Waals surface area contributed by atoms with Crippen molar-refractivity contribution in [3.8, 4) is 6.07 Å². The molecular formula is C32H32F3N7S. The zero-order valence-corrected chi connectivity index (χ0v) is 24.8. The van der Waals surface area contributed by atoms with Gasteiger partial charge in [-0.1, -0.05) is 19.1 Å². The molecular weight excluding hydrogens is 571 g/mol. The number of alkyl halides is 3. The van der Waals surface area contributed by atoms with Gasteiger partial charge in [0, 0.05) is 65.8 Å². The number of aryl methyl sites for hydroxylation is 1. The molecule has 1 aliphatic heterocycles. The average molecular weight is 604 g/mol. The van der Waals surface area contributed by atoms with Gasteiger partial charge in [0.2, 0.25) is 0 Å². The molecule has 1 unspecified atom stereocenters. The van der Waals surface area contributed by atoms with E-state index in [-0.39, 0.29) is 16.8 Å². The van der Waals surface area contributed by atoms with Crippen molar-refractivity contribution in [3.63, 3.8) is 0 Å². The van der Waals surface area contributed by atoms with Crippen molar-refractivity contribution in [1.29, 1.82) is 5.26 Å². The number of anilines is 1. The molecule has 11 heteroatoms. The molecule has 1 N–H and O–H groups in total. The number of nitrogens with one attached hydrogen (secondary N) is 1. The van der Waals surface area contributed by atoms with Crippen LogP contribution >= 0.6 is 11.3 Å². The number of halogens is 3. The van der Waals surface area contributed by atoms with Crippen LogP contribution in [0.2, 0.25) is 0 Å². The van der Waals surface area contributed by atoms with Gasteiger partial charge in [-0.05, 0) is 61.2 Å². The van der Waals surface area contributed by atoms with Crippen LogP contribution in [0.25, 0.3) is 21.1 Å². The summed E-state index contributed by atoms with van der Waals surface area (Å²) in [5.74, 6) is 0.767. The number of hydrogen-bond acceptors (Lipinski definition) is 7. The standard InChI is InChI=1S/C32H32F3N7S/c1-20(28-5-3-4-10-37-28)17-42-24(16-36)13-26-21(2)22(6-7-29(26)42)18-41-11-8-23(9-12-41)40-30-27-14-25(15-32(33,34)35)43-31(27)39-19-38-30/h3-7,10,13-14,19-20,23H,8-9,11-12,15,17-18H2,1-2H3,(H,38,39,40). The van der Waals surface area contributed by atoms with E-state index in [0.717, 1.165) is 60.4 Å². The summed E-state index contributed by atoms with van der Waals surface area (Å²) < 4.78 is 40.8. The van der Waals surface area contributed by atoms with Gasteiger partial charge in [0.25, 0.3) is 0 Å². The number of nitrogens with zero attached hydrogens (tertiary/aromatic N) is 6. The summed E-state index contributed by atoms with van der Waals surface area (Å²) in [6, 6.07) is 16.4. The minimum atomic E-state index is -4.25. The zero-order chi connectivity index (χ0) is 30.1. The quantitative estimate of drug-likeness (QED) is 0.202. The first kappa shape index (κ1) is 29.1. The number of likely N-dealkylation sites (tertiary alicyclic amines) is 1. The topological polar surface area (TPSA) is 82.7 Å². The molecule has 4 aromatic heterocycles. The zero-order valence-electron chi connectivity index (χ0n) is 24.0. The van der Waals surface area contributed by atoms with Gasteiger partial charge in [0.1, 0.15) is 28.7 Å². The molecule has 1 aromatic carbocycles. The van der Waals surface area contributed by atoms with E-state index in [4.69, 9.17) is 0 Å². The van der Waals surface area contributed by atoms with Crippen molar-refractivity contribution in [2.75, 3.05) is 18.4 Å². The number of pyridine rings is 1. The highest BCUT2D eigenvalue weighted by atomic mass is 32.1. The van der Waals surface area contributed by atoms with Gasteiger partial charge in [0.05, 0.1) is 11.8 Å². The van der Waals surface area contributed by atoms with E-state index in [2.05, 4.69) is 61.8 Å². The van der Waals surface area contributed by atoms with Crippen LogP contribution in [0.4, 0.5) is 19.0 Å². The third-order valence-electron chi connectivity index (χ3n) is 8.31. The summed E-state index contributed by atoms with van der Waals surface area (Å²) >= 11 is 1.07. The molecule has 1 atom stereocenters. The van der Waals surface area contributed by atoms with Gasteiger partial charge in [-0.3, -0.25) is 9.88 Å². The number of rotatable bonds is 8. The lowest BCUT2D eigenvalue weighted by Crippen LogP contribution is -2.39. The molecule has 1 saturated heterocycles. The summed E-state index contributed by atoms with van der Waals surface area (Å²) in [5.41, 5.74) is 5.15. The highest BCUT2D eigenvalue weighted by Crippen LogP contribution is 2.34. The Kier molecular flexibility index (Phi) is 8.07. The summed E-state index contributed by atoms with van der Waals surface area (Å²) in [6.45, 7) is 7.53. The monoisotopic (exact) mass is 603 g/mol. The fourth-order valence-electron chi connectivity index (χ4n) is 5.99. The van der Waals surface area contributed by atoms with Gasteiger partial charge in [0.15, 0.2) is 0 Å². The third kappa shape index (κ3) is 6.36. The number of benzene rings is 1. The van der Waals surface area contributed by atoms with E-state index in [0.29, 0.717) is 28.3 Å². The number of thiophene rings is 1. The number of piperidine rings is 1. The Hall–Kier alpha value is -4.01. The van der Waals surface area contributed by atoms with Gasteiger partial charge in [-0.15, -0.1) is 11.3 Å². The fourth-order valence-corrected chi connectivity index (χ4v) is 7.02. The Balaban J connectivity index is 1.12. The van der Waals surface area contributed by atoms with Crippen LogP contribution in [0, 0.1) is 18.3 Å². The maximum absolute atomic E-state index is 12.9. The Morgan fingerprint density at radius 2 is 1.91 bits per heavy atom. The fraction of sp³-hybridized carbons (Fsp3) is 0.375. The molecule has 0 bridgehead atoms. The van der Waals surface area contributed by atoms with Crippen LogP contribution in [-0.2, 0) is 19.5 Å². The van der Waals surface area contributed by atoms with E-state index in [9.17, 15) is 18.4 Å². The van der Waals surface area contributed by atoms with E-state index in [1.165, 1.54) is 17.5 Å². The molecule has 222 valence electrons. The smallest absolute Gasteiger partial charge is 0.367 e. The first-order chi connectivity index (χ1) is 20.7. The molecule has 1 aliphatic rings. The predicted molar refractivity (Wildman–Crippen MR) is 163 cm³/mol. The molecule has 6 rings (SSSR count). The Morgan fingerprint density at radius 3 is 2.63 bits per heavy atom. The molecule has 0 spiro atoms. The second-order valence-corrected chi connectivity index (χ2v) is 12.4. The third-order valence-corrected chi connectivity index (χ3v) is 9.35. The van der Waals surface area contributed by atoms with Gasteiger partial charge in [-0.25, -0.2) is 9.97 Å². The van der Waals surface area contributed by atoms with Crippen molar-refractivity contribution in [1.82, 2.24) is 24.4 Å². The summed E-state index contributed by atoms with van der Waals surface area (Å²) in [4.78, 5) is 16.3. The molecule has 5 heterocycles. The number of nitriles is 1. The van der Waals surface area contributed by atoms with Crippen LogP contribution in [0.1, 0.15) is 53.1 Å². The Morgan fingerprint density at radius 1 is 1.09 bits per heavy atom. The van der Waals surface area contributed by atoms with Gasteiger partial charge >= 0.3 is 6.18 Å². The van der Waals surface area contributed by atoms with Crippen LogP contribution in [-0.4, -0.2) is 49.7 Å². The van der Waals surface area contributed by atoms with Crippen molar-refractivity contribution in [2.24, 2.45) is 0 Å². The lowest BCUT2D eigenvalue weighted by Gasteiger charge is -2.33. The molecule has 1 fully saturated rings. The lowest BCUT2D eigenvalue weighted by molar-refractivity contribution is -0.126. The maximum atomic E-state index is 12.9. The summed E-state index contributed by atoms with van der Waals surface area (Å²) in [6.07, 6.45) is -0.200. The SMILES string of the molecule is Cc1c(CN2CCC(Nc3ncnc4sc(CC(F)(F)F)cc34)CC2)ccc2c1cc(C#N)n2CC(C)c1ccccn1. The summed E-state index contributed by atoms with van der Waals surface area (Å²) in [7, 11) is 0. The van der Waals surface area contributed by atoms with Crippen LogP contribution < -0.4 is 5.32 Å². The van der Waals surface area contributed by atoms with E-state index in [1.807, 2.05) is 24.3 Å². The van der Waals surface area contributed by atoms with Crippen molar-refractivity contribution in [2.45, 2.75) is 64.3 Å². The molecule has 0 amide bonds. The molecule has 5 aromatic rings. The minimum absolute atomic E-state index is 0.166. The van der Waals surface area contributed by atoms with E-state index >= 15 is 0 Å². The summed E-state index contributed by atoms with van der Waals surface area (Å²) in [5, 5.41) is 15.1. The van der Waals surface area contributed by atoms with Crippen LogP contribution in [0.5, 0.6) is 0 Å². The molecule has 7 nitrogen and oxygen atoms in total. The Bertz CT molecular complexity index is 1780. The normalized spacial score (nSPS) is 15.6. The van der Waals surface area contributed by atoms with Gasteiger partial charge < -0.3 is 9.88 Å².